The van der Waals surface area contributed by atoms with Crippen LogP contribution in [0, 0.1) is 0 Å². The van der Waals surface area contributed by atoms with Gasteiger partial charge in [-0.15, -0.1) is 5.10 Å². The molecular formula is C21H22N4O3. The summed E-state index contributed by atoms with van der Waals surface area (Å²) in [5.74, 6) is 0.519. The quantitative estimate of drug-likeness (QED) is 0.738. The van der Waals surface area contributed by atoms with Gasteiger partial charge in [-0.2, -0.15) is 9.90 Å². The number of amides is 1. The fraction of sp³-hybridized carbons (Fsp3) is 0.286. The second-order valence-corrected chi connectivity index (χ2v) is 6.78. The van der Waals surface area contributed by atoms with E-state index in [1.807, 2.05) is 54.6 Å². The summed E-state index contributed by atoms with van der Waals surface area (Å²) in [6, 6.07) is 16.4. The van der Waals surface area contributed by atoms with Gasteiger partial charge in [-0.05, 0) is 42.7 Å². The highest BCUT2D eigenvalue weighted by atomic mass is 16.5. The summed E-state index contributed by atoms with van der Waals surface area (Å²) in [5.41, 5.74) is 1.83. The van der Waals surface area contributed by atoms with Gasteiger partial charge in [0, 0.05) is 6.54 Å². The van der Waals surface area contributed by atoms with Gasteiger partial charge in [0.25, 0.3) is 5.91 Å². The van der Waals surface area contributed by atoms with E-state index < -0.39 is 6.10 Å². The van der Waals surface area contributed by atoms with E-state index in [4.69, 9.17) is 4.74 Å². The van der Waals surface area contributed by atoms with Crippen molar-refractivity contribution in [3.63, 3.8) is 0 Å². The van der Waals surface area contributed by atoms with E-state index in [0.717, 1.165) is 29.8 Å². The maximum Gasteiger partial charge on any atom is 0.276 e. The highest BCUT2D eigenvalue weighted by Crippen LogP contribution is 2.31. The summed E-state index contributed by atoms with van der Waals surface area (Å²) in [7, 11) is 1.60. The molecule has 4 rings (SSSR count). The van der Waals surface area contributed by atoms with Crippen LogP contribution in [0.3, 0.4) is 0 Å². The van der Waals surface area contributed by atoms with E-state index >= 15 is 0 Å². The van der Waals surface area contributed by atoms with Crippen LogP contribution in [0.25, 0.3) is 5.69 Å². The van der Waals surface area contributed by atoms with Crippen molar-refractivity contribution in [2.24, 2.45) is 0 Å². The monoisotopic (exact) mass is 378 g/mol. The number of hydrogen-bond donors (Lipinski definition) is 1. The van der Waals surface area contributed by atoms with Crippen LogP contribution in [-0.2, 0) is 0 Å². The Balaban J connectivity index is 1.52. The first kappa shape index (κ1) is 18.2. The van der Waals surface area contributed by atoms with E-state index in [2.05, 4.69) is 10.2 Å². The summed E-state index contributed by atoms with van der Waals surface area (Å²) in [6.07, 6.45) is 2.30. The molecule has 3 aromatic rings. The number of nitrogens with zero attached hydrogens (tertiary/aromatic N) is 4. The zero-order valence-electron chi connectivity index (χ0n) is 15.6. The maximum atomic E-state index is 13.0. The molecule has 0 aliphatic carbocycles. The van der Waals surface area contributed by atoms with Gasteiger partial charge >= 0.3 is 0 Å². The van der Waals surface area contributed by atoms with Crippen LogP contribution in [0.15, 0.2) is 60.8 Å². The van der Waals surface area contributed by atoms with Crippen LogP contribution in [0.2, 0.25) is 0 Å². The standard InChI is InChI=1S/C21H22N4O3/c1-28-17-11-9-15(10-12-17)20(26)19-8-5-13-24(19)21(27)18-14-22-25(23-18)16-6-3-2-4-7-16/h2-4,6-7,9-12,14,19-20,26H,5,8,13H2,1H3/t19-,20-/m1/s1. The molecule has 2 heterocycles. The summed E-state index contributed by atoms with van der Waals surface area (Å²) in [5, 5.41) is 19.4. The van der Waals surface area contributed by atoms with Crippen LogP contribution in [0.5, 0.6) is 5.75 Å². The first-order chi connectivity index (χ1) is 13.7. The first-order valence-corrected chi connectivity index (χ1v) is 9.28. The number of likely N-dealkylation sites (tertiary alicyclic amines) is 1. The third-order valence-corrected chi connectivity index (χ3v) is 5.08. The maximum absolute atomic E-state index is 13.0. The van der Waals surface area contributed by atoms with Gasteiger partial charge in [0.1, 0.15) is 5.75 Å². The van der Waals surface area contributed by atoms with Gasteiger partial charge in [0.05, 0.1) is 31.1 Å². The molecule has 0 unspecified atom stereocenters. The molecule has 0 spiro atoms. The fourth-order valence-corrected chi connectivity index (χ4v) is 3.59. The van der Waals surface area contributed by atoms with Crippen molar-refractivity contribution < 1.29 is 14.6 Å². The number of aromatic nitrogens is 3. The highest BCUT2D eigenvalue weighted by Gasteiger charge is 2.36. The molecule has 28 heavy (non-hydrogen) atoms. The summed E-state index contributed by atoms with van der Waals surface area (Å²) in [4.78, 5) is 16.2. The van der Waals surface area contributed by atoms with Crippen molar-refractivity contribution in [2.45, 2.75) is 25.0 Å². The van der Waals surface area contributed by atoms with Crippen LogP contribution >= 0.6 is 0 Å². The smallest absolute Gasteiger partial charge is 0.276 e. The van der Waals surface area contributed by atoms with E-state index in [-0.39, 0.29) is 17.6 Å². The number of benzene rings is 2. The lowest BCUT2D eigenvalue weighted by atomic mass is 10.00. The minimum absolute atomic E-state index is 0.211. The Labute approximate surface area is 163 Å². The van der Waals surface area contributed by atoms with E-state index in [1.54, 1.807) is 12.0 Å². The third-order valence-electron chi connectivity index (χ3n) is 5.08. The van der Waals surface area contributed by atoms with Crippen molar-refractivity contribution >= 4 is 5.91 Å². The molecular weight excluding hydrogens is 356 g/mol. The van der Waals surface area contributed by atoms with E-state index in [1.165, 1.54) is 11.0 Å². The zero-order chi connectivity index (χ0) is 19.5. The van der Waals surface area contributed by atoms with E-state index in [9.17, 15) is 9.90 Å². The van der Waals surface area contributed by atoms with Crippen molar-refractivity contribution in [1.29, 1.82) is 0 Å². The lowest BCUT2D eigenvalue weighted by molar-refractivity contribution is 0.0481. The Morgan fingerprint density at radius 2 is 1.93 bits per heavy atom. The second-order valence-electron chi connectivity index (χ2n) is 6.78. The van der Waals surface area contributed by atoms with Crippen LogP contribution in [-0.4, -0.2) is 50.6 Å². The Bertz CT molecular complexity index is 940. The lowest BCUT2D eigenvalue weighted by Crippen LogP contribution is -2.39. The molecule has 2 atom stereocenters. The highest BCUT2D eigenvalue weighted by molar-refractivity contribution is 5.92. The minimum Gasteiger partial charge on any atom is -0.497 e. The fourth-order valence-electron chi connectivity index (χ4n) is 3.59. The number of carbonyl (C=O) groups is 1. The predicted octanol–water partition coefficient (Wildman–Crippen LogP) is 2.61. The van der Waals surface area contributed by atoms with Crippen LogP contribution in [0.1, 0.15) is 35.0 Å². The number of aliphatic hydroxyl groups is 1. The SMILES string of the molecule is COc1ccc([C@@H](O)[C@H]2CCCN2C(=O)c2cnn(-c3ccccc3)n2)cc1. The number of hydrogen-bond acceptors (Lipinski definition) is 5. The first-order valence-electron chi connectivity index (χ1n) is 9.28. The molecule has 0 bridgehead atoms. The van der Waals surface area contributed by atoms with Crippen molar-refractivity contribution in [3.05, 3.63) is 72.1 Å². The molecule has 1 fully saturated rings. The summed E-state index contributed by atoms with van der Waals surface area (Å²) >= 11 is 0. The molecule has 7 heteroatoms. The molecule has 1 aliphatic rings. The zero-order valence-corrected chi connectivity index (χ0v) is 15.6. The normalized spacial score (nSPS) is 17.5. The van der Waals surface area contributed by atoms with Gasteiger partial charge < -0.3 is 14.7 Å². The molecule has 1 aromatic heterocycles. The number of rotatable bonds is 5. The average Bonchev–Trinajstić information content (AvgIpc) is 3.43. The number of para-hydroxylation sites is 1. The second kappa shape index (κ2) is 7.82. The molecule has 144 valence electrons. The number of methoxy groups -OCH3 is 1. The Morgan fingerprint density at radius 3 is 2.64 bits per heavy atom. The summed E-state index contributed by atoms with van der Waals surface area (Å²) < 4.78 is 5.17. The molecule has 1 amide bonds. The van der Waals surface area contributed by atoms with Gasteiger partial charge in [-0.1, -0.05) is 30.3 Å². The molecule has 2 aromatic carbocycles. The Hall–Kier alpha value is -3.19. The van der Waals surface area contributed by atoms with E-state index in [0.29, 0.717) is 6.54 Å². The topological polar surface area (TPSA) is 80.5 Å². The Kier molecular flexibility index (Phi) is 5.08. The van der Waals surface area contributed by atoms with Crippen molar-refractivity contribution in [2.75, 3.05) is 13.7 Å². The molecule has 1 aliphatic heterocycles. The van der Waals surface area contributed by atoms with Gasteiger partial charge in [-0.25, -0.2) is 0 Å². The molecule has 0 radical (unpaired) electrons. The molecule has 1 saturated heterocycles. The Morgan fingerprint density at radius 1 is 1.18 bits per heavy atom. The minimum atomic E-state index is -0.762. The van der Waals surface area contributed by atoms with Gasteiger partial charge in [0.2, 0.25) is 0 Å². The molecule has 0 saturated carbocycles. The predicted molar refractivity (Wildman–Crippen MR) is 103 cm³/mol. The number of carbonyl (C=O) groups excluding carboxylic acids is 1. The number of aliphatic hydroxyl groups excluding tert-OH is 1. The summed E-state index contributed by atoms with van der Waals surface area (Å²) in [6.45, 7) is 0.592. The number of ether oxygens (including phenoxy) is 1. The van der Waals surface area contributed by atoms with Crippen LogP contribution < -0.4 is 4.74 Å². The lowest BCUT2D eigenvalue weighted by Gasteiger charge is -2.28. The molecule has 7 nitrogen and oxygen atoms in total. The van der Waals surface area contributed by atoms with Gasteiger partial charge in [0.15, 0.2) is 5.69 Å². The van der Waals surface area contributed by atoms with Crippen molar-refractivity contribution in [3.8, 4) is 11.4 Å². The van der Waals surface area contributed by atoms with Gasteiger partial charge in [-0.3, -0.25) is 4.79 Å². The van der Waals surface area contributed by atoms with Crippen molar-refractivity contribution in [1.82, 2.24) is 19.9 Å². The van der Waals surface area contributed by atoms with Crippen LogP contribution in [0.4, 0.5) is 0 Å². The average molecular weight is 378 g/mol. The molecule has 1 N–H and O–H groups in total. The third kappa shape index (κ3) is 3.48. The largest absolute Gasteiger partial charge is 0.497 e.